The van der Waals surface area contributed by atoms with Gasteiger partial charge in [-0.1, -0.05) is 37.2 Å². The molecular formula is C21H22ClN3O4S2. The summed E-state index contributed by atoms with van der Waals surface area (Å²) < 4.78 is 19.5. The molecule has 0 saturated carbocycles. The standard InChI is InChI=1S/C20H18ClN3O4S2.CH4/c1-11-15-9-13(21)6-7-18(15)29-20(11)30(27)28-24-17(19(25)23-26)8-12-10-22-16-5-3-2-4-14(12)16;/h2-7,9-10,17,22,24,26H,8H2,1H3,(H,23,25);1H4. The molecule has 2 aromatic heterocycles. The summed E-state index contributed by atoms with van der Waals surface area (Å²) in [6.07, 6.45) is 2.01. The number of rotatable bonds is 7. The first-order valence-corrected chi connectivity index (χ1v) is 11.3. The van der Waals surface area contributed by atoms with E-state index in [1.54, 1.807) is 17.7 Å². The van der Waals surface area contributed by atoms with Gasteiger partial charge < -0.3 is 4.98 Å². The van der Waals surface area contributed by atoms with Crippen molar-refractivity contribution in [3.05, 3.63) is 64.8 Å². The number of hydrogen-bond donors (Lipinski definition) is 4. The van der Waals surface area contributed by atoms with E-state index in [1.165, 1.54) is 11.3 Å². The molecule has 0 fully saturated rings. The number of aromatic amines is 1. The van der Waals surface area contributed by atoms with Crippen molar-refractivity contribution in [2.45, 2.75) is 31.0 Å². The minimum Gasteiger partial charge on any atom is -0.361 e. The number of hydroxylamine groups is 2. The number of halogens is 1. The fourth-order valence-corrected chi connectivity index (χ4v) is 5.63. The van der Waals surface area contributed by atoms with E-state index >= 15 is 0 Å². The van der Waals surface area contributed by atoms with E-state index in [1.807, 2.05) is 43.3 Å². The molecule has 0 bridgehead atoms. The average molecular weight is 480 g/mol. The summed E-state index contributed by atoms with van der Waals surface area (Å²) in [4.78, 5) is 15.3. The van der Waals surface area contributed by atoms with Crippen LogP contribution in [0.2, 0.25) is 5.02 Å². The summed E-state index contributed by atoms with van der Waals surface area (Å²) in [6, 6.07) is 12.2. The lowest BCUT2D eigenvalue weighted by atomic mass is 10.1. The monoisotopic (exact) mass is 479 g/mol. The van der Waals surface area contributed by atoms with Crippen LogP contribution in [0, 0.1) is 6.92 Å². The molecule has 4 N–H and O–H groups in total. The van der Waals surface area contributed by atoms with Crippen LogP contribution < -0.4 is 11.0 Å². The van der Waals surface area contributed by atoms with Crippen LogP contribution in [-0.4, -0.2) is 26.3 Å². The fraction of sp³-hybridized carbons (Fsp3) is 0.190. The molecule has 0 radical (unpaired) electrons. The molecule has 2 aromatic carbocycles. The molecule has 2 atom stereocenters. The molecule has 164 valence electrons. The summed E-state index contributed by atoms with van der Waals surface area (Å²) in [6.45, 7) is 1.84. The van der Waals surface area contributed by atoms with E-state index in [0.717, 1.165) is 32.1 Å². The number of nitrogens with one attached hydrogen (secondary N) is 3. The number of para-hydroxylation sites is 1. The van der Waals surface area contributed by atoms with E-state index in [-0.39, 0.29) is 13.8 Å². The zero-order chi connectivity index (χ0) is 21.3. The molecular weight excluding hydrogens is 458 g/mol. The second kappa shape index (κ2) is 9.90. The van der Waals surface area contributed by atoms with Crippen molar-refractivity contribution in [2.75, 3.05) is 0 Å². The first-order chi connectivity index (χ1) is 14.5. The third-order valence-electron chi connectivity index (χ3n) is 4.80. The Kier molecular flexibility index (Phi) is 7.47. The number of benzene rings is 2. The maximum atomic E-state index is 12.8. The zero-order valence-electron chi connectivity index (χ0n) is 15.8. The predicted octanol–water partition coefficient (Wildman–Crippen LogP) is 4.64. The lowest BCUT2D eigenvalue weighted by Crippen LogP contribution is -2.44. The highest BCUT2D eigenvalue weighted by atomic mass is 35.5. The molecule has 2 unspecified atom stereocenters. The lowest BCUT2D eigenvalue weighted by Gasteiger charge is -2.15. The van der Waals surface area contributed by atoms with Gasteiger partial charge in [-0.3, -0.25) is 10.0 Å². The number of carbonyl (C=O) groups excluding carboxylic acids is 1. The maximum absolute atomic E-state index is 12.8. The summed E-state index contributed by atoms with van der Waals surface area (Å²) in [5.41, 5.74) is 6.76. The topological polar surface area (TPSA) is 103 Å². The molecule has 4 aromatic rings. The summed E-state index contributed by atoms with van der Waals surface area (Å²) in [7, 11) is 0. The number of aromatic nitrogens is 1. The molecule has 4 rings (SSSR count). The van der Waals surface area contributed by atoms with Gasteiger partial charge in [-0.15, -0.1) is 11.3 Å². The minimum absolute atomic E-state index is 0. The number of fused-ring (bicyclic) bond motifs is 2. The van der Waals surface area contributed by atoms with Crippen LogP contribution in [0.1, 0.15) is 18.6 Å². The number of hydrogen-bond acceptors (Lipinski definition) is 6. The van der Waals surface area contributed by atoms with Crippen LogP contribution in [0.25, 0.3) is 21.0 Å². The SMILES string of the molecule is C.Cc1c(S(=O)ONC(Cc2c[nH]c3ccccc23)C(=O)NO)sc2ccc(Cl)cc12. The number of amides is 1. The van der Waals surface area contributed by atoms with Gasteiger partial charge in [0.1, 0.15) is 10.3 Å². The summed E-state index contributed by atoms with van der Waals surface area (Å²) in [5.74, 6) is -0.697. The van der Waals surface area contributed by atoms with Crippen molar-refractivity contribution in [1.29, 1.82) is 0 Å². The molecule has 0 aliphatic carbocycles. The van der Waals surface area contributed by atoms with E-state index < -0.39 is 23.0 Å². The Morgan fingerprint density at radius 1 is 1.29 bits per heavy atom. The summed E-state index contributed by atoms with van der Waals surface area (Å²) in [5, 5.41) is 11.6. The van der Waals surface area contributed by atoms with Crippen molar-refractivity contribution in [3.8, 4) is 0 Å². The molecule has 0 aliphatic rings. The summed E-state index contributed by atoms with van der Waals surface area (Å²) >= 11 is 5.54. The first-order valence-electron chi connectivity index (χ1n) is 9.00. The van der Waals surface area contributed by atoms with Crippen LogP contribution >= 0.6 is 22.9 Å². The predicted molar refractivity (Wildman–Crippen MR) is 125 cm³/mol. The van der Waals surface area contributed by atoms with Crippen molar-refractivity contribution in [3.63, 3.8) is 0 Å². The first kappa shape index (κ1) is 23.4. The van der Waals surface area contributed by atoms with Crippen molar-refractivity contribution in [1.82, 2.24) is 15.9 Å². The van der Waals surface area contributed by atoms with Crippen molar-refractivity contribution >= 4 is 60.9 Å². The van der Waals surface area contributed by atoms with Gasteiger partial charge in [-0.25, -0.2) is 9.69 Å². The van der Waals surface area contributed by atoms with Crippen molar-refractivity contribution in [2.24, 2.45) is 0 Å². The van der Waals surface area contributed by atoms with Crippen LogP contribution in [0.5, 0.6) is 0 Å². The molecule has 31 heavy (non-hydrogen) atoms. The number of thiophene rings is 1. The molecule has 10 heteroatoms. The highest BCUT2D eigenvalue weighted by Crippen LogP contribution is 2.34. The highest BCUT2D eigenvalue weighted by Gasteiger charge is 2.23. The van der Waals surface area contributed by atoms with Gasteiger partial charge in [0.2, 0.25) is 11.1 Å². The maximum Gasteiger partial charge on any atom is 0.263 e. The minimum atomic E-state index is -1.85. The van der Waals surface area contributed by atoms with Crippen molar-refractivity contribution < 1.29 is 18.5 Å². The Morgan fingerprint density at radius 3 is 2.84 bits per heavy atom. The number of aryl methyl sites for hydroxylation is 1. The molecule has 2 heterocycles. The van der Waals surface area contributed by atoms with E-state index in [9.17, 15) is 9.00 Å². The van der Waals surface area contributed by atoms with Gasteiger partial charge in [-0.05, 0) is 47.7 Å². The molecule has 0 saturated heterocycles. The third kappa shape index (κ3) is 4.82. The highest BCUT2D eigenvalue weighted by molar-refractivity contribution is 7.83. The van der Waals surface area contributed by atoms with E-state index in [2.05, 4.69) is 10.5 Å². The molecule has 7 nitrogen and oxygen atoms in total. The second-order valence-electron chi connectivity index (χ2n) is 6.68. The number of carbonyl (C=O) groups is 1. The lowest BCUT2D eigenvalue weighted by molar-refractivity contribution is -0.133. The van der Waals surface area contributed by atoms with Crippen LogP contribution in [-0.2, 0) is 26.6 Å². The van der Waals surface area contributed by atoms with Crippen LogP contribution in [0.15, 0.2) is 52.9 Å². The Morgan fingerprint density at radius 2 is 2.06 bits per heavy atom. The number of H-pyrrole nitrogens is 1. The zero-order valence-corrected chi connectivity index (χ0v) is 18.2. The van der Waals surface area contributed by atoms with Gasteiger partial charge in [-0.2, -0.15) is 9.76 Å². The van der Waals surface area contributed by atoms with Crippen LogP contribution in [0.4, 0.5) is 0 Å². The van der Waals surface area contributed by atoms with Gasteiger partial charge in [0.05, 0.1) is 0 Å². The van der Waals surface area contributed by atoms with E-state index in [4.69, 9.17) is 21.1 Å². The largest absolute Gasteiger partial charge is 0.361 e. The Balaban J connectivity index is 0.00000272. The second-order valence-corrected chi connectivity index (χ2v) is 9.47. The molecule has 1 amide bonds. The molecule has 0 aliphatic heterocycles. The Hall–Kier alpha value is -2.27. The van der Waals surface area contributed by atoms with Gasteiger partial charge in [0.25, 0.3) is 5.91 Å². The normalized spacial score (nSPS) is 13.1. The molecule has 0 spiro atoms. The Bertz CT molecular complexity index is 1250. The smallest absolute Gasteiger partial charge is 0.263 e. The van der Waals surface area contributed by atoms with Gasteiger partial charge in [0, 0.05) is 33.2 Å². The third-order valence-corrected chi connectivity index (χ3v) is 7.61. The van der Waals surface area contributed by atoms with Crippen LogP contribution in [0.3, 0.4) is 0 Å². The Labute approximate surface area is 190 Å². The average Bonchev–Trinajstić information content (AvgIpc) is 3.31. The van der Waals surface area contributed by atoms with Gasteiger partial charge >= 0.3 is 0 Å². The fourth-order valence-electron chi connectivity index (χ4n) is 3.26. The quantitative estimate of drug-likeness (QED) is 0.228. The van der Waals surface area contributed by atoms with E-state index in [0.29, 0.717) is 9.23 Å². The van der Waals surface area contributed by atoms with Gasteiger partial charge in [0.15, 0.2) is 0 Å².